The third-order valence-corrected chi connectivity index (χ3v) is 4.16. The van der Waals surface area contributed by atoms with E-state index in [1.165, 1.54) is 12.1 Å². The maximum atomic E-state index is 13.1. The van der Waals surface area contributed by atoms with Crippen LogP contribution in [0.4, 0.5) is 9.18 Å². The fraction of sp³-hybridized carbons (Fsp3) is 0.611. The molecule has 0 heterocycles. The fourth-order valence-electron chi connectivity index (χ4n) is 2.76. The van der Waals surface area contributed by atoms with E-state index < -0.39 is 5.60 Å². The zero-order chi connectivity index (χ0) is 17.1. The van der Waals surface area contributed by atoms with Gasteiger partial charge in [0, 0.05) is 13.1 Å². The number of halogens is 1. The first-order chi connectivity index (χ1) is 10.7. The molecule has 1 aliphatic rings. The molecule has 0 saturated heterocycles. The predicted molar refractivity (Wildman–Crippen MR) is 88.8 cm³/mol. The van der Waals surface area contributed by atoms with Crippen LogP contribution in [0, 0.1) is 12.7 Å². The van der Waals surface area contributed by atoms with Crippen molar-refractivity contribution < 1.29 is 13.9 Å². The number of nitrogens with one attached hydrogen (secondary N) is 2. The summed E-state index contributed by atoms with van der Waals surface area (Å²) in [6.07, 6.45) is 2.63. The number of ether oxygens (including phenoxy) is 1. The van der Waals surface area contributed by atoms with E-state index in [0.29, 0.717) is 13.1 Å². The first-order valence-corrected chi connectivity index (χ1v) is 8.16. The summed E-state index contributed by atoms with van der Waals surface area (Å²) in [5.74, 6) is -0.215. The molecule has 0 aromatic heterocycles. The Bertz CT molecular complexity index is 563. The normalized spacial score (nSPS) is 16.6. The average Bonchev–Trinajstić information content (AvgIpc) is 2.36. The third-order valence-electron chi connectivity index (χ3n) is 4.16. The number of rotatable bonds is 5. The lowest BCUT2D eigenvalue weighted by molar-refractivity contribution is 0.0382. The summed E-state index contributed by atoms with van der Waals surface area (Å²) in [6.45, 7) is 8.81. The summed E-state index contributed by atoms with van der Waals surface area (Å²) in [4.78, 5) is 12.0. The molecular formula is C18H27FN2O2. The molecule has 0 bridgehead atoms. The number of alkyl carbamates (subject to hydrolysis) is 1. The van der Waals surface area contributed by atoms with E-state index in [4.69, 9.17) is 4.74 Å². The van der Waals surface area contributed by atoms with Gasteiger partial charge in [0.2, 0.25) is 0 Å². The van der Waals surface area contributed by atoms with Gasteiger partial charge < -0.3 is 15.4 Å². The van der Waals surface area contributed by atoms with Crippen LogP contribution in [0.1, 0.15) is 51.2 Å². The van der Waals surface area contributed by atoms with Crippen LogP contribution >= 0.6 is 0 Å². The number of benzene rings is 1. The second-order valence-electron chi connectivity index (χ2n) is 7.44. The fourth-order valence-corrected chi connectivity index (χ4v) is 2.76. The SMILES string of the molecule is Cc1cc(F)ccc1CNCC1(NC(=O)OC(C)(C)C)CCC1. The number of hydrogen-bond acceptors (Lipinski definition) is 3. The quantitative estimate of drug-likeness (QED) is 0.869. The van der Waals surface area contributed by atoms with Gasteiger partial charge in [-0.3, -0.25) is 0 Å². The number of amides is 1. The van der Waals surface area contributed by atoms with E-state index >= 15 is 0 Å². The Balaban J connectivity index is 1.86. The molecule has 1 fully saturated rings. The summed E-state index contributed by atoms with van der Waals surface area (Å²) in [6, 6.07) is 4.81. The van der Waals surface area contributed by atoms with E-state index in [0.717, 1.165) is 30.4 Å². The second-order valence-corrected chi connectivity index (χ2v) is 7.44. The van der Waals surface area contributed by atoms with Crippen LogP contribution in [0.3, 0.4) is 0 Å². The van der Waals surface area contributed by atoms with Crippen molar-refractivity contribution in [2.24, 2.45) is 0 Å². The minimum absolute atomic E-state index is 0.215. The standard InChI is InChI=1S/C18H27FN2O2/c1-13-10-15(19)7-6-14(13)11-20-12-18(8-5-9-18)21-16(22)23-17(2,3)4/h6-7,10,20H,5,8-9,11-12H2,1-4H3,(H,21,22). The van der Waals surface area contributed by atoms with Crippen LogP contribution in [0.25, 0.3) is 0 Å². The van der Waals surface area contributed by atoms with Gasteiger partial charge in [-0.1, -0.05) is 6.07 Å². The molecule has 5 heteroatoms. The molecule has 1 amide bonds. The van der Waals surface area contributed by atoms with Crippen molar-refractivity contribution in [1.29, 1.82) is 0 Å². The first kappa shape index (κ1) is 17.7. The van der Waals surface area contributed by atoms with Crippen LogP contribution in [0.5, 0.6) is 0 Å². The summed E-state index contributed by atoms with van der Waals surface area (Å²) in [5, 5.41) is 6.39. The number of hydrogen-bond donors (Lipinski definition) is 2. The van der Waals surface area contributed by atoms with Gasteiger partial charge in [-0.05, 0) is 70.2 Å². The van der Waals surface area contributed by atoms with Gasteiger partial charge in [0.15, 0.2) is 0 Å². The van der Waals surface area contributed by atoms with Gasteiger partial charge in [0.05, 0.1) is 5.54 Å². The lowest BCUT2D eigenvalue weighted by Gasteiger charge is -2.43. The van der Waals surface area contributed by atoms with Gasteiger partial charge in [-0.25, -0.2) is 9.18 Å². The Hall–Kier alpha value is -1.62. The summed E-state index contributed by atoms with van der Waals surface area (Å²) in [5.41, 5.74) is 1.28. The zero-order valence-electron chi connectivity index (χ0n) is 14.5. The molecule has 1 aromatic carbocycles. The molecule has 0 radical (unpaired) electrons. The Kier molecular flexibility index (Phi) is 5.30. The van der Waals surface area contributed by atoms with E-state index in [1.807, 2.05) is 27.7 Å². The number of carbonyl (C=O) groups is 1. The Labute approximate surface area is 137 Å². The van der Waals surface area contributed by atoms with Gasteiger partial charge in [-0.2, -0.15) is 0 Å². The predicted octanol–water partition coefficient (Wildman–Crippen LogP) is 3.67. The molecule has 2 N–H and O–H groups in total. The average molecular weight is 322 g/mol. The Morgan fingerprint density at radius 1 is 1.35 bits per heavy atom. The first-order valence-electron chi connectivity index (χ1n) is 8.16. The van der Waals surface area contributed by atoms with Crippen LogP contribution in [-0.4, -0.2) is 23.8 Å². The van der Waals surface area contributed by atoms with Crippen molar-refractivity contribution in [3.05, 3.63) is 35.1 Å². The highest BCUT2D eigenvalue weighted by Gasteiger charge is 2.39. The Morgan fingerprint density at radius 3 is 2.57 bits per heavy atom. The van der Waals surface area contributed by atoms with Gasteiger partial charge in [-0.15, -0.1) is 0 Å². The summed E-state index contributed by atoms with van der Waals surface area (Å²) in [7, 11) is 0. The molecule has 0 unspecified atom stereocenters. The highest BCUT2D eigenvalue weighted by molar-refractivity contribution is 5.69. The van der Waals surface area contributed by atoms with Gasteiger partial charge in [0.1, 0.15) is 11.4 Å². The summed E-state index contributed by atoms with van der Waals surface area (Å²) < 4.78 is 18.5. The molecule has 1 aliphatic carbocycles. The van der Waals surface area contributed by atoms with E-state index in [2.05, 4.69) is 10.6 Å². The molecule has 4 nitrogen and oxygen atoms in total. The summed E-state index contributed by atoms with van der Waals surface area (Å²) >= 11 is 0. The van der Waals surface area contributed by atoms with Crippen molar-refractivity contribution in [3.63, 3.8) is 0 Å². The lowest BCUT2D eigenvalue weighted by atomic mass is 9.76. The lowest BCUT2D eigenvalue weighted by Crippen LogP contribution is -2.59. The van der Waals surface area contributed by atoms with Crippen molar-refractivity contribution in [2.75, 3.05) is 6.54 Å². The van der Waals surface area contributed by atoms with E-state index in [9.17, 15) is 9.18 Å². The minimum atomic E-state index is -0.492. The molecule has 0 atom stereocenters. The molecule has 1 aromatic rings. The molecule has 128 valence electrons. The van der Waals surface area contributed by atoms with Crippen molar-refractivity contribution in [3.8, 4) is 0 Å². The van der Waals surface area contributed by atoms with Gasteiger partial charge >= 0.3 is 6.09 Å². The van der Waals surface area contributed by atoms with Crippen LogP contribution in [0.15, 0.2) is 18.2 Å². The number of aryl methyl sites for hydroxylation is 1. The largest absolute Gasteiger partial charge is 0.444 e. The highest BCUT2D eigenvalue weighted by Crippen LogP contribution is 2.31. The van der Waals surface area contributed by atoms with E-state index in [-0.39, 0.29) is 17.4 Å². The molecule has 2 rings (SSSR count). The van der Waals surface area contributed by atoms with Crippen molar-refractivity contribution in [2.45, 2.75) is 64.6 Å². The molecule has 1 saturated carbocycles. The maximum Gasteiger partial charge on any atom is 0.408 e. The van der Waals surface area contributed by atoms with Crippen LogP contribution < -0.4 is 10.6 Å². The number of carbonyl (C=O) groups excluding carboxylic acids is 1. The van der Waals surface area contributed by atoms with Crippen LogP contribution in [0.2, 0.25) is 0 Å². The highest BCUT2D eigenvalue weighted by atomic mass is 19.1. The Morgan fingerprint density at radius 2 is 2.04 bits per heavy atom. The molecule has 0 aliphatic heterocycles. The molecular weight excluding hydrogens is 295 g/mol. The molecule has 0 spiro atoms. The second kappa shape index (κ2) is 6.87. The van der Waals surface area contributed by atoms with Gasteiger partial charge in [0.25, 0.3) is 0 Å². The topological polar surface area (TPSA) is 50.4 Å². The van der Waals surface area contributed by atoms with Crippen molar-refractivity contribution >= 4 is 6.09 Å². The third kappa shape index (κ3) is 5.20. The minimum Gasteiger partial charge on any atom is -0.444 e. The monoisotopic (exact) mass is 322 g/mol. The smallest absolute Gasteiger partial charge is 0.408 e. The maximum absolute atomic E-state index is 13.1. The van der Waals surface area contributed by atoms with Crippen LogP contribution in [-0.2, 0) is 11.3 Å². The van der Waals surface area contributed by atoms with Crippen molar-refractivity contribution in [1.82, 2.24) is 10.6 Å². The molecule has 23 heavy (non-hydrogen) atoms. The zero-order valence-corrected chi connectivity index (χ0v) is 14.5. The van der Waals surface area contributed by atoms with E-state index in [1.54, 1.807) is 6.07 Å².